The smallest absolute Gasteiger partial charge is 0.313 e. The number of carbonyl (C=O) groups is 1. The summed E-state index contributed by atoms with van der Waals surface area (Å²) in [7, 11) is 4.04. The van der Waals surface area contributed by atoms with Crippen LogP contribution >= 0.6 is 23.1 Å². The van der Waals surface area contributed by atoms with Gasteiger partial charge in [0.2, 0.25) is 0 Å². The third-order valence-corrected chi connectivity index (χ3v) is 4.93. The highest BCUT2D eigenvalue weighted by atomic mass is 32.2. The van der Waals surface area contributed by atoms with Crippen LogP contribution in [-0.4, -0.2) is 56.6 Å². The minimum Gasteiger partial charge on any atom is -0.481 e. The zero-order valence-corrected chi connectivity index (χ0v) is 13.8. The Kier molecular flexibility index (Phi) is 5.38. The Morgan fingerprint density at radius 2 is 2.29 bits per heavy atom. The van der Waals surface area contributed by atoms with Crippen molar-refractivity contribution in [3.63, 3.8) is 0 Å². The van der Waals surface area contributed by atoms with Gasteiger partial charge in [0.05, 0.1) is 10.6 Å². The van der Waals surface area contributed by atoms with E-state index in [-0.39, 0.29) is 5.75 Å². The second-order valence-electron chi connectivity index (χ2n) is 4.89. The number of hydrogen-bond acceptors (Lipinski definition) is 6. The predicted octanol–water partition coefficient (Wildman–Crippen LogP) is 2.13. The summed E-state index contributed by atoms with van der Waals surface area (Å²) in [4.78, 5) is 13.9. The standard InChI is InChI=1S/C13H18N4O2S2/c1-9(16(2)3)7-17-12(10-5-4-6-20-10)14-15-13(17)21-8-11(18)19/h4-6,9H,7-8H2,1-3H3,(H,18,19). The molecule has 0 spiro atoms. The van der Waals surface area contributed by atoms with Gasteiger partial charge in [-0.3, -0.25) is 9.36 Å². The molecule has 0 saturated heterocycles. The maximum Gasteiger partial charge on any atom is 0.313 e. The highest BCUT2D eigenvalue weighted by Crippen LogP contribution is 2.27. The molecule has 1 N–H and O–H groups in total. The van der Waals surface area contributed by atoms with Crippen LogP contribution in [0.3, 0.4) is 0 Å². The first-order chi connectivity index (χ1) is 9.99. The quantitative estimate of drug-likeness (QED) is 0.786. The number of carboxylic acid groups (broad SMARTS) is 1. The van der Waals surface area contributed by atoms with E-state index < -0.39 is 5.97 Å². The van der Waals surface area contributed by atoms with Crippen molar-refractivity contribution in [3.8, 4) is 10.7 Å². The molecule has 0 bridgehead atoms. The average Bonchev–Trinajstić information content (AvgIpc) is 3.05. The van der Waals surface area contributed by atoms with E-state index in [9.17, 15) is 4.79 Å². The Bertz CT molecular complexity index is 595. The van der Waals surface area contributed by atoms with E-state index in [1.54, 1.807) is 11.3 Å². The molecule has 0 aliphatic rings. The molecule has 0 fully saturated rings. The molecule has 2 aromatic heterocycles. The highest BCUT2D eigenvalue weighted by Gasteiger charge is 2.18. The number of rotatable bonds is 7. The number of nitrogens with zero attached hydrogens (tertiary/aromatic N) is 4. The van der Waals surface area contributed by atoms with Gasteiger partial charge in [0, 0.05) is 12.6 Å². The maximum absolute atomic E-state index is 10.8. The summed E-state index contributed by atoms with van der Waals surface area (Å²) in [6.07, 6.45) is 0. The predicted molar refractivity (Wildman–Crippen MR) is 84.8 cm³/mol. The van der Waals surface area contributed by atoms with Gasteiger partial charge in [-0.05, 0) is 32.5 Å². The van der Waals surface area contributed by atoms with Gasteiger partial charge in [0.1, 0.15) is 0 Å². The number of thioether (sulfide) groups is 1. The molecule has 0 amide bonds. The minimum atomic E-state index is -0.854. The lowest BCUT2D eigenvalue weighted by Crippen LogP contribution is -2.29. The number of aromatic nitrogens is 3. The molecule has 6 nitrogen and oxygen atoms in total. The van der Waals surface area contributed by atoms with Crippen molar-refractivity contribution in [3.05, 3.63) is 17.5 Å². The van der Waals surface area contributed by atoms with Gasteiger partial charge in [-0.15, -0.1) is 21.5 Å². The average molecular weight is 326 g/mol. The molecule has 1 unspecified atom stereocenters. The summed E-state index contributed by atoms with van der Waals surface area (Å²) in [5, 5.41) is 19.9. The van der Waals surface area contributed by atoms with Gasteiger partial charge < -0.3 is 10.0 Å². The van der Waals surface area contributed by atoms with Crippen molar-refractivity contribution in [2.75, 3.05) is 19.8 Å². The zero-order valence-electron chi connectivity index (χ0n) is 12.2. The van der Waals surface area contributed by atoms with Crippen LogP contribution < -0.4 is 0 Å². The molecule has 0 radical (unpaired) electrons. The lowest BCUT2D eigenvalue weighted by atomic mass is 10.3. The van der Waals surface area contributed by atoms with Crippen LogP contribution in [-0.2, 0) is 11.3 Å². The van der Waals surface area contributed by atoms with Gasteiger partial charge >= 0.3 is 5.97 Å². The fourth-order valence-corrected chi connectivity index (χ4v) is 3.09. The number of likely N-dealkylation sites (N-methyl/N-ethyl adjacent to an activating group) is 1. The van der Waals surface area contributed by atoms with Crippen molar-refractivity contribution in [1.82, 2.24) is 19.7 Å². The van der Waals surface area contributed by atoms with Gasteiger partial charge in [-0.1, -0.05) is 17.8 Å². The fourth-order valence-electron chi connectivity index (χ4n) is 1.70. The van der Waals surface area contributed by atoms with Crippen molar-refractivity contribution < 1.29 is 9.90 Å². The van der Waals surface area contributed by atoms with Crippen molar-refractivity contribution in [2.24, 2.45) is 0 Å². The SMILES string of the molecule is CC(Cn1c(SCC(=O)O)nnc1-c1cccs1)N(C)C. The molecule has 2 aromatic rings. The lowest BCUT2D eigenvalue weighted by Gasteiger charge is -2.21. The molecule has 21 heavy (non-hydrogen) atoms. The molecule has 8 heteroatoms. The van der Waals surface area contributed by atoms with E-state index in [0.29, 0.717) is 11.2 Å². The van der Waals surface area contributed by atoms with E-state index in [1.807, 2.05) is 36.2 Å². The molecule has 0 saturated carbocycles. The molecule has 1 atom stereocenters. The summed E-state index contributed by atoms with van der Waals surface area (Å²) >= 11 is 2.80. The Hall–Kier alpha value is -1.38. The fraction of sp³-hybridized carbons (Fsp3) is 0.462. The zero-order chi connectivity index (χ0) is 15.4. The van der Waals surface area contributed by atoms with E-state index in [2.05, 4.69) is 22.0 Å². The van der Waals surface area contributed by atoms with Crippen LogP contribution in [0.25, 0.3) is 10.7 Å². The van der Waals surface area contributed by atoms with E-state index in [1.165, 1.54) is 11.8 Å². The second kappa shape index (κ2) is 7.06. The van der Waals surface area contributed by atoms with Crippen LogP contribution in [0.5, 0.6) is 0 Å². The summed E-state index contributed by atoms with van der Waals surface area (Å²) in [5.74, 6) is -0.0710. The van der Waals surface area contributed by atoms with Gasteiger partial charge in [0.15, 0.2) is 11.0 Å². The van der Waals surface area contributed by atoms with Crippen LogP contribution in [0.15, 0.2) is 22.7 Å². The normalized spacial score (nSPS) is 12.8. The van der Waals surface area contributed by atoms with Crippen LogP contribution in [0.1, 0.15) is 6.92 Å². The monoisotopic (exact) mass is 326 g/mol. The largest absolute Gasteiger partial charge is 0.481 e. The Balaban J connectivity index is 2.30. The Morgan fingerprint density at radius 1 is 1.52 bits per heavy atom. The molecule has 2 rings (SSSR count). The molecule has 0 aromatic carbocycles. The Labute approximate surface area is 131 Å². The molecule has 0 aliphatic carbocycles. The summed E-state index contributed by atoms with van der Waals surface area (Å²) in [6.45, 7) is 2.83. The first-order valence-electron chi connectivity index (χ1n) is 6.47. The van der Waals surface area contributed by atoms with E-state index in [4.69, 9.17) is 5.11 Å². The third-order valence-electron chi connectivity index (χ3n) is 3.11. The van der Waals surface area contributed by atoms with E-state index in [0.717, 1.165) is 17.2 Å². The summed E-state index contributed by atoms with van der Waals surface area (Å²) in [6, 6.07) is 4.26. The summed E-state index contributed by atoms with van der Waals surface area (Å²) in [5.41, 5.74) is 0. The molecule has 2 heterocycles. The molecule has 114 valence electrons. The van der Waals surface area contributed by atoms with Gasteiger partial charge in [0.25, 0.3) is 0 Å². The second-order valence-corrected chi connectivity index (χ2v) is 6.78. The summed E-state index contributed by atoms with van der Waals surface area (Å²) < 4.78 is 2.00. The Morgan fingerprint density at radius 3 is 2.86 bits per heavy atom. The van der Waals surface area contributed by atoms with Gasteiger partial charge in [-0.2, -0.15) is 0 Å². The van der Waals surface area contributed by atoms with Crippen LogP contribution in [0.4, 0.5) is 0 Å². The van der Waals surface area contributed by atoms with Crippen molar-refractivity contribution >= 4 is 29.1 Å². The van der Waals surface area contributed by atoms with Gasteiger partial charge in [-0.25, -0.2) is 0 Å². The molecular weight excluding hydrogens is 308 g/mol. The molecule has 0 aliphatic heterocycles. The maximum atomic E-state index is 10.8. The first-order valence-corrected chi connectivity index (χ1v) is 8.33. The minimum absolute atomic E-state index is 0.0150. The topological polar surface area (TPSA) is 71.2 Å². The van der Waals surface area contributed by atoms with Crippen LogP contribution in [0.2, 0.25) is 0 Å². The van der Waals surface area contributed by atoms with Crippen LogP contribution in [0, 0.1) is 0 Å². The van der Waals surface area contributed by atoms with Crippen molar-refractivity contribution in [2.45, 2.75) is 24.7 Å². The number of carboxylic acids is 1. The first kappa shape index (κ1) is 16.0. The number of hydrogen-bond donors (Lipinski definition) is 1. The number of thiophene rings is 1. The molecular formula is C13H18N4O2S2. The number of aliphatic carboxylic acids is 1. The van der Waals surface area contributed by atoms with Crippen molar-refractivity contribution in [1.29, 1.82) is 0 Å². The third kappa shape index (κ3) is 4.05. The van der Waals surface area contributed by atoms with E-state index >= 15 is 0 Å². The lowest BCUT2D eigenvalue weighted by molar-refractivity contribution is -0.133. The highest BCUT2D eigenvalue weighted by molar-refractivity contribution is 7.99.